The Labute approximate surface area is 147 Å². The number of ketones is 1. The molecule has 2 aromatic rings. The topological polar surface area (TPSA) is 67.4 Å². The highest BCUT2D eigenvalue weighted by Crippen LogP contribution is 2.44. The third-order valence-electron chi connectivity index (χ3n) is 4.59. The van der Waals surface area contributed by atoms with Crippen LogP contribution in [0.2, 0.25) is 0 Å². The molecule has 0 aromatic heterocycles. The van der Waals surface area contributed by atoms with E-state index in [0.717, 1.165) is 0 Å². The minimum Gasteiger partial charge on any atom is -0.449 e. The van der Waals surface area contributed by atoms with Gasteiger partial charge in [0.2, 0.25) is 0 Å². The SMILES string of the molecule is CC(=O)[C@H](C)NCNC(=O)OCC1c2ccccc2-c2ccccc21. The molecule has 25 heavy (non-hydrogen) atoms. The molecule has 2 aromatic carbocycles. The standard InChI is InChI=1S/C20H22N2O3/c1-13(14(2)23)21-12-22-20(24)25-11-19-17-9-5-3-7-15(17)16-8-4-6-10-18(16)19/h3-10,13,19,21H,11-12H2,1-2H3,(H,22,24)/t13-/m0/s1. The molecule has 0 bridgehead atoms. The van der Waals surface area contributed by atoms with Crippen molar-refractivity contribution in [1.82, 2.24) is 10.6 Å². The summed E-state index contributed by atoms with van der Waals surface area (Å²) in [5.74, 6) is 0.0663. The summed E-state index contributed by atoms with van der Waals surface area (Å²) < 4.78 is 5.41. The van der Waals surface area contributed by atoms with Crippen molar-refractivity contribution in [2.24, 2.45) is 0 Å². The predicted molar refractivity (Wildman–Crippen MR) is 96.4 cm³/mol. The van der Waals surface area contributed by atoms with Crippen LogP contribution in [0.4, 0.5) is 4.79 Å². The lowest BCUT2D eigenvalue weighted by molar-refractivity contribution is -0.118. The summed E-state index contributed by atoms with van der Waals surface area (Å²) in [6, 6.07) is 16.1. The van der Waals surface area contributed by atoms with Gasteiger partial charge in [-0.25, -0.2) is 4.79 Å². The molecule has 0 fully saturated rings. The van der Waals surface area contributed by atoms with Gasteiger partial charge in [-0.15, -0.1) is 0 Å². The van der Waals surface area contributed by atoms with Gasteiger partial charge in [-0.3, -0.25) is 10.1 Å². The maximum Gasteiger partial charge on any atom is 0.408 e. The lowest BCUT2D eigenvalue weighted by atomic mass is 9.98. The van der Waals surface area contributed by atoms with Gasteiger partial charge in [-0.05, 0) is 36.1 Å². The number of hydrogen-bond donors (Lipinski definition) is 2. The third kappa shape index (κ3) is 3.72. The van der Waals surface area contributed by atoms with Crippen molar-refractivity contribution in [2.45, 2.75) is 25.8 Å². The first-order valence-corrected chi connectivity index (χ1v) is 8.40. The number of alkyl carbamates (subject to hydrolysis) is 1. The van der Waals surface area contributed by atoms with Crippen LogP contribution in [0.15, 0.2) is 48.5 Å². The Hall–Kier alpha value is -2.66. The number of ether oxygens (including phenoxy) is 1. The van der Waals surface area contributed by atoms with Crippen molar-refractivity contribution >= 4 is 11.9 Å². The van der Waals surface area contributed by atoms with Gasteiger partial charge in [-0.1, -0.05) is 48.5 Å². The number of hydrogen-bond acceptors (Lipinski definition) is 4. The number of carbonyl (C=O) groups is 2. The first-order chi connectivity index (χ1) is 12.1. The van der Waals surface area contributed by atoms with Crippen LogP contribution in [0.1, 0.15) is 30.9 Å². The molecule has 0 radical (unpaired) electrons. The molecule has 0 aliphatic heterocycles. The van der Waals surface area contributed by atoms with Crippen LogP contribution in [-0.4, -0.2) is 31.2 Å². The normalized spacial score (nSPS) is 13.7. The van der Waals surface area contributed by atoms with Gasteiger partial charge in [0.05, 0.1) is 12.7 Å². The second-order valence-electron chi connectivity index (χ2n) is 6.22. The average molecular weight is 338 g/mol. The van der Waals surface area contributed by atoms with E-state index in [1.165, 1.54) is 29.2 Å². The van der Waals surface area contributed by atoms with E-state index in [2.05, 4.69) is 34.9 Å². The quantitative estimate of drug-likeness (QED) is 0.795. The van der Waals surface area contributed by atoms with Gasteiger partial charge in [-0.2, -0.15) is 0 Å². The molecule has 1 amide bonds. The second-order valence-corrected chi connectivity index (χ2v) is 6.22. The molecule has 0 heterocycles. The van der Waals surface area contributed by atoms with Crippen molar-refractivity contribution in [3.05, 3.63) is 59.7 Å². The maximum absolute atomic E-state index is 11.9. The molecule has 0 saturated carbocycles. The van der Waals surface area contributed by atoms with Gasteiger partial charge in [0, 0.05) is 5.92 Å². The van der Waals surface area contributed by atoms with E-state index >= 15 is 0 Å². The fourth-order valence-electron chi connectivity index (χ4n) is 3.07. The van der Waals surface area contributed by atoms with E-state index in [0.29, 0.717) is 0 Å². The number of benzene rings is 2. The van der Waals surface area contributed by atoms with E-state index in [-0.39, 0.29) is 31.0 Å². The van der Waals surface area contributed by atoms with Crippen molar-refractivity contribution in [3.63, 3.8) is 0 Å². The summed E-state index contributed by atoms with van der Waals surface area (Å²) in [6.45, 7) is 3.73. The van der Waals surface area contributed by atoms with Crippen molar-refractivity contribution in [2.75, 3.05) is 13.3 Å². The summed E-state index contributed by atoms with van der Waals surface area (Å²) in [5, 5.41) is 5.53. The molecule has 0 spiro atoms. The van der Waals surface area contributed by atoms with Crippen LogP contribution in [0, 0.1) is 0 Å². The zero-order valence-corrected chi connectivity index (χ0v) is 14.4. The van der Waals surface area contributed by atoms with Crippen molar-refractivity contribution in [1.29, 1.82) is 0 Å². The lowest BCUT2D eigenvalue weighted by Gasteiger charge is -2.15. The lowest BCUT2D eigenvalue weighted by Crippen LogP contribution is -2.41. The van der Waals surface area contributed by atoms with E-state index < -0.39 is 6.09 Å². The Balaban J connectivity index is 1.60. The summed E-state index contributed by atoms with van der Waals surface area (Å²) in [4.78, 5) is 23.1. The number of carbonyl (C=O) groups excluding carboxylic acids is 2. The first kappa shape index (κ1) is 17.2. The summed E-state index contributed by atoms with van der Waals surface area (Å²) in [5.41, 5.74) is 4.76. The molecular formula is C20H22N2O3. The van der Waals surface area contributed by atoms with Crippen LogP contribution in [0.3, 0.4) is 0 Å². The number of Topliss-reactive ketones (excluding diaryl/α,β-unsaturated/α-hetero) is 1. The van der Waals surface area contributed by atoms with Crippen LogP contribution in [0.25, 0.3) is 11.1 Å². The van der Waals surface area contributed by atoms with Crippen molar-refractivity contribution < 1.29 is 14.3 Å². The van der Waals surface area contributed by atoms with Gasteiger partial charge in [0.1, 0.15) is 12.4 Å². The highest BCUT2D eigenvalue weighted by Gasteiger charge is 2.28. The van der Waals surface area contributed by atoms with Crippen LogP contribution >= 0.6 is 0 Å². The van der Waals surface area contributed by atoms with Crippen LogP contribution < -0.4 is 10.6 Å². The largest absolute Gasteiger partial charge is 0.449 e. The predicted octanol–water partition coefficient (Wildman–Crippen LogP) is 3.05. The van der Waals surface area contributed by atoms with E-state index in [1.54, 1.807) is 6.92 Å². The molecule has 1 aliphatic rings. The number of amides is 1. The summed E-state index contributed by atoms with van der Waals surface area (Å²) >= 11 is 0. The van der Waals surface area contributed by atoms with Gasteiger partial charge in [0.15, 0.2) is 0 Å². The van der Waals surface area contributed by atoms with E-state index in [1.807, 2.05) is 24.3 Å². The number of fused-ring (bicyclic) bond motifs is 3. The second kappa shape index (κ2) is 7.49. The molecule has 0 unspecified atom stereocenters. The fourth-order valence-corrected chi connectivity index (χ4v) is 3.07. The monoisotopic (exact) mass is 338 g/mol. The molecule has 2 N–H and O–H groups in total. The van der Waals surface area contributed by atoms with Gasteiger partial charge < -0.3 is 10.1 Å². The molecule has 0 saturated heterocycles. The Morgan fingerprint density at radius 2 is 1.60 bits per heavy atom. The maximum atomic E-state index is 11.9. The average Bonchev–Trinajstić information content (AvgIpc) is 2.94. The smallest absolute Gasteiger partial charge is 0.408 e. The zero-order chi connectivity index (χ0) is 17.8. The number of rotatable bonds is 6. The molecule has 5 heteroatoms. The summed E-state index contributed by atoms with van der Waals surface area (Å²) in [6.07, 6.45) is -0.495. The highest BCUT2D eigenvalue weighted by molar-refractivity contribution is 5.81. The Morgan fingerprint density at radius 3 is 2.16 bits per heavy atom. The third-order valence-corrected chi connectivity index (χ3v) is 4.59. The minimum atomic E-state index is -0.495. The van der Waals surface area contributed by atoms with Gasteiger partial charge >= 0.3 is 6.09 Å². The molecule has 1 atom stereocenters. The number of nitrogens with one attached hydrogen (secondary N) is 2. The first-order valence-electron chi connectivity index (χ1n) is 8.40. The molecular weight excluding hydrogens is 316 g/mol. The zero-order valence-electron chi connectivity index (χ0n) is 14.4. The highest BCUT2D eigenvalue weighted by atomic mass is 16.5. The summed E-state index contributed by atoms with van der Waals surface area (Å²) in [7, 11) is 0. The Bertz CT molecular complexity index is 743. The van der Waals surface area contributed by atoms with Crippen LogP contribution in [0.5, 0.6) is 0 Å². The molecule has 5 nitrogen and oxygen atoms in total. The van der Waals surface area contributed by atoms with Crippen molar-refractivity contribution in [3.8, 4) is 11.1 Å². The molecule has 130 valence electrons. The van der Waals surface area contributed by atoms with E-state index in [9.17, 15) is 9.59 Å². The Kier molecular flexibility index (Phi) is 5.14. The van der Waals surface area contributed by atoms with Crippen LogP contribution in [-0.2, 0) is 9.53 Å². The Morgan fingerprint density at radius 1 is 1.04 bits per heavy atom. The molecule has 1 aliphatic carbocycles. The molecule has 3 rings (SSSR count). The fraction of sp³-hybridized carbons (Fsp3) is 0.300. The van der Waals surface area contributed by atoms with Gasteiger partial charge in [0.25, 0.3) is 0 Å². The minimum absolute atomic E-state index is 0.0225. The van der Waals surface area contributed by atoms with E-state index in [4.69, 9.17) is 4.74 Å².